The van der Waals surface area contributed by atoms with E-state index in [1.54, 1.807) is 0 Å². The van der Waals surface area contributed by atoms with E-state index >= 15 is 0 Å². The molecule has 6 heteroatoms. The summed E-state index contributed by atoms with van der Waals surface area (Å²) >= 11 is 0. The lowest BCUT2D eigenvalue weighted by molar-refractivity contribution is -0.430. The molecule has 14 heavy (non-hydrogen) atoms. The highest BCUT2D eigenvalue weighted by atomic mass is 16.9. The van der Waals surface area contributed by atoms with Gasteiger partial charge in [-0.3, -0.25) is 4.99 Å². The molecular formula is C8H9N3O3. The van der Waals surface area contributed by atoms with Crippen molar-refractivity contribution >= 4 is 6.72 Å². The van der Waals surface area contributed by atoms with Gasteiger partial charge < -0.3 is 14.2 Å². The Morgan fingerprint density at radius 3 is 2.07 bits per heavy atom. The van der Waals surface area contributed by atoms with Crippen molar-refractivity contribution in [2.45, 2.75) is 42.9 Å². The molecule has 6 bridgehead atoms. The summed E-state index contributed by atoms with van der Waals surface area (Å²) in [5.41, 5.74) is 0. The van der Waals surface area contributed by atoms with Gasteiger partial charge in [0, 0.05) is 0 Å². The highest BCUT2D eigenvalue weighted by Crippen LogP contribution is 2.46. The quantitative estimate of drug-likeness (QED) is 0.541. The van der Waals surface area contributed by atoms with Gasteiger partial charge in [0.25, 0.3) is 6.48 Å². The number of rotatable bonds is 1. The van der Waals surface area contributed by atoms with Crippen molar-refractivity contribution in [1.82, 2.24) is 0 Å². The molecule has 0 amide bonds. The van der Waals surface area contributed by atoms with E-state index in [4.69, 9.17) is 14.2 Å². The van der Waals surface area contributed by atoms with Crippen LogP contribution in [0.1, 0.15) is 0 Å². The second-order valence-electron chi connectivity index (χ2n) is 3.98. The zero-order valence-electron chi connectivity index (χ0n) is 7.31. The lowest BCUT2D eigenvalue weighted by Crippen LogP contribution is -2.71. The molecule has 4 aliphatic heterocycles. The topological polar surface area (TPSA) is 64.8 Å². The van der Waals surface area contributed by atoms with Crippen molar-refractivity contribution in [3.05, 3.63) is 0 Å². The first-order valence-corrected chi connectivity index (χ1v) is 4.71. The summed E-state index contributed by atoms with van der Waals surface area (Å²) in [7, 11) is 0. The molecule has 3 unspecified atom stereocenters. The van der Waals surface area contributed by atoms with Crippen LogP contribution >= 0.6 is 0 Å². The monoisotopic (exact) mass is 195 g/mol. The van der Waals surface area contributed by atoms with Gasteiger partial charge in [-0.25, -0.2) is 0 Å². The Morgan fingerprint density at radius 1 is 0.929 bits per heavy atom. The predicted octanol–water partition coefficient (Wildman–Crippen LogP) is -0.261. The summed E-state index contributed by atoms with van der Waals surface area (Å²) in [4.78, 5) is 4.05. The van der Waals surface area contributed by atoms with E-state index in [1.165, 1.54) is 0 Å². The Labute approximate surface area is 80.0 Å². The number of ether oxygens (including phenoxy) is 3. The molecule has 4 heterocycles. The van der Waals surface area contributed by atoms with Crippen molar-refractivity contribution in [2.75, 3.05) is 0 Å². The molecule has 0 radical (unpaired) electrons. The molecular weight excluding hydrogens is 186 g/mol. The molecule has 7 atom stereocenters. The van der Waals surface area contributed by atoms with Crippen LogP contribution in [-0.2, 0) is 14.2 Å². The van der Waals surface area contributed by atoms with Crippen molar-refractivity contribution in [3.8, 4) is 0 Å². The third-order valence-corrected chi connectivity index (χ3v) is 3.37. The maximum Gasteiger partial charge on any atom is 0.272 e. The smallest absolute Gasteiger partial charge is 0.272 e. The zero-order valence-corrected chi connectivity index (χ0v) is 7.31. The molecule has 0 aromatic rings. The maximum absolute atomic E-state index is 5.52. The molecule has 1 aliphatic carbocycles. The van der Waals surface area contributed by atoms with Gasteiger partial charge in [0.1, 0.15) is 36.4 Å². The van der Waals surface area contributed by atoms with Crippen LogP contribution in [0.2, 0.25) is 0 Å². The average Bonchev–Trinajstić information content (AvgIpc) is 2.58. The van der Waals surface area contributed by atoms with Crippen molar-refractivity contribution in [2.24, 2.45) is 15.2 Å². The Morgan fingerprint density at radius 2 is 1.50 bits per heavy atom. The van der Waals surface area contributed by atoms with E-state index in [-0.39, 0.29) is 36.4 Å². The standard InChI is InChI=1S/C8H9N3O3/c1-9-2-5-3-7-4(11-10-3)6(2)13-8(12-5)14-7/h2-8H,1H2/t2?,3-,4-,5-,6+,7?,8?/m0/s1. The lowest BCUT2D eigenvalue weighted by atomic mass is 9.80. The Kier molecular flexibility index (Phi) is 1.17. The van der Waals surface area contributed by atoms with Crippen molar-refractivity contribution in [1.29, 1.82) is 0 Å². The van der Waals surface area contributed by atoms with E-state index < -0.39 is 6.48 Å². The number of nitrogens with zero attached hydrogens (tertiary/aromatic N) is 3. The first-order chi connectivity index (χ1) is 6.88. The molecule has 0 spiro atoms. The number of aliphatic imine (C=N–C) groups is 1. The second kappa shape index (κ2) is 2.21. The summed E-state index contributed by atoms with van der Waals surface area (Å²) in [6.45, 7) is 3.03. The largest absolute Gasteiger partial charge is 0.322 e. The van der Waals surface area contributed by atoms with Crippen molar-refractivity contribution < 1.29 is 14.2 Å². The number of azo groups is 1. The maximum atomic E-state index is 5.52. The fraction of sp³-hybridized carbons (Fsp3) is 0.875. The molecule has 0 aromatic heterocycles. The Bertz CT molecular complexity index is 310. The van der Waals surface area contributed by atoms with Crippen LogP contribution < -0.4 is 0 Å². The van der Waals surface area contributed by atoms with Gasteiger partial charge in [-0.2, -0.15) is 10.2 Å². The minimum atomic E-state index is -0.538. The van der Waals surface area contributed by atoms with Crippen LogP contribution in [0, 0.1) is 0 Å². The Hall–Kier alpha value is -0.850. The lowest BCUT2D eigenvalue weighted by Gasteiger charge is -2.53. The first kappa shape index (κ1) is 7.44. The van der Waals surface area contributed by atoms with Crippen LogP contribution in [-0.4, -0.2) is 49.6 Å². The summed E-state index contributed by atoms with van der Waals surface area (Å²) in [6, 6.07) is -0.0600. The summed E-state index contributed by atoms with van der Waals surface area (Å²) < 4.78 is 16.6. The second-order valence-corrected chi connectivity index (χ2v) is 3.98. The van der Waals surface area contributed by atoms with Crippen LogP contribution in [0.5, 0.6) is 0 Å². The normalized spacial score (nSPS) is 62.1. The van der Waals surface area contributed by atoms with Crippen LogP contribution in [0.4, 0.5) is 0 Å². The summed E-state index contributed by atoms with van der Waals surface area (Å²) in [5, 5.41) is 8.33. The third-order valence-electron chi connectivity index (χ3n) is 3.37. The summed E-state index contributed by atoms with van der Waals surface area (Å²) in [6.07, 6.45) is -0.0782. The average molecular weight is 195 g/mol. The van der Waals surface area contributed by atoms with Gasteiger partial charge in [-0.15, -0.1) is 0 Å². The molecule has 4 fully saturated rings. The van der Waals surface area contributed by atoms with Crippen molar-refractivity contribution in [3.63, 3.8) is 0 Å². The first-order valence-electron chi connectivity index (χ1n) is 4.71. The van der Waals surface area contributed by atoms with E-state index in [0.717, 1.165) is 0 Å². The SMILES string of the molecule is C=NC1[C@H]2OC3OC4[C@H]2N=N[C@H]4[C@H]1O3. The van der Waals surface area contributed by atoms with Gasteiger partial charge in [-0.1, -0.05) is 0 Å². The highest BCUT2D eigenvalue weighted by Gasteiger charge is 2.64. The zero-order chi connectivity index (χ0) is 9.28. The molecule has 0 N–H and O–H groups in total. The minimum Gasteiger partial charge on any atom is -0.322 e. The fourth-order valence-electron chi connectivity index (χ4n) is 2.76. The van der Waals surface area contributed by atoms with Gasteiger partial charge in [0.15, 0.2) is 0 Å². The van der Waals surface area contributed by atoms with Gasteiger partial charge in [0.05, 0.1) is 0 Å². The van der Waals surface area contributed by atoms with E-state index in [1.807, 2.05) is 0 Å². The molecule has 5 aliphatic rings. The molecule has 5 rings (SSSR count). The van der Waals surface area contributed by atoms with Crippen LogP contribution in [0.3, 0.4) is 0 Å². The van der Waals surface area contributed by atoms with E-state index in [0.29, 0.717) is 0 Å². The molecule has 3 saturated heterocycles. The van der Waals surface area contributed by atoms with Crippen LogP contribution in [0.25, 0.3) is 0 Å². The van der Waals surface area contributed by atoms with Gasteiger partial charge >= 0.3 is 0 Å². The van der Waals surface area contributed by atoms with Gasteiger partial charge in [-0.05, 0) is 6.72 Å². The predicted molar refractivity (Wildman–Crippen MR) is 44.2 cm³/mol. The third kappa shape index (κ3) is 0.647. The molecule has 1 saturated carbocycles. The van der Waals surface area contributed by atoms with Crippen LogP contribution in [0.15, 0.2) is 15.2 Å². The number of hydrogen-bond donors (Lipinski definition) is 0. The molecule has 6 nitrogen and oxygen atoms in total. The molecule has 74 valence electrons. The summed E-state index contributed by atoms with van der Waals surface area (Å²) in [5.74, 6) is 0. The molecule has 0 aromatic carbocycles. The number of hydrogen-bond acceptors (Lipinski definition) is 6. The van der Waals surface area contributed by atoms with E-state index in [2.05, 4.69) is 21.9 Å². The highest BCUT2D eigenvalue weighted by molar-refractivity contribution is 5.28. The minimum absolute atomic E-state index is 0.00750. The van der Waals surface area contributed by atoms with E-state index in [9.17, 15) is 0 Å². The van der Waals surface area contributed by atoms with Gasteiger partial charge in [0.2, 0.25) is 0 Å². The Balaban J connectivity index is 1.84. The fourth-order valence-corrected chi connectivity index (χ4v) is 2.76.